The predicted octanol–water partition coefficient (Wildman–Crippen LogP) is 4.54. The lowest BCUT2D eigenvalue weighted by Gasteiger charge is -2.14. The summed E-state index contributed by atoms with van der Waals surface area (Å²) in [5.74, 6) is -2.24. The monoisotopic (exact) mass is 804 g/mol. The highest BCUT2D eigenvalue weighted by Crippen LogP contribution is 2.12. The van der Waals surface area contributed by atoms with Crippen LogP contribution in [-0.2, 0) is 52.5 Å². The molecular formula is C40H73N3O13. The number of carbonyl (C=O) groups is 7. The summed E-state index contributed by atoms with van der Waals surface area (Å²) in [7, 11) is 0. The number of amides is 3. The number of ketones is 2. The van der Waals surface area contributed by atoms with E-state index in [1.54, 1.807) is 6.92 Å². The summed E-state index contributed by atoms with van der Waals surface area (Å²) in [5, 5.41) is 25.8. The smallest absolute Gasteiger partial charge is 0.326 e. The van der Waals surface area contributed by atoms with E-state index >= 15 is 0 Å². The first-order valence-electron chi connectivity index (χ1n) is 20.5. The Hall–Kier alpha value is -3.47. The van der Waals surface area contributed by atoms with Crippen molar-refractivity contribution in [2.75, 3.05) is 65.9 Å². The molecule has 0 aromatic carbocycles. The van der Waals surface area contributed by atoms with Crippen LogP contribution in [0.2, 0.25) is 0 Å². The van der Waals surface area contributed by atoms with Crippen molar-refractivity contribution in [3.63, 3.8) is 0 Å². The molecule has 0 saturated carbocycles. The first-order valence-corrected chi connectivity index (χ1v) is 20.5. The minimum Gasteiger partial charge on any atom is -0.481 e. The van der Waals surface area contributed by atoms with Gasteiger partial charge in [0.05, 0.1) is 33.0 Å². The van der Waals surface area contributed by atoms with Crippen LogP contribution >= 0.6 is 0 Å². The van der Waals surface area contributed by atoms with Gasteiger partial charge in [0.15, 0.2) is 5.78 Å². The van der Waals surface area contributed by atoms with Crippen LogP contribution in [0.3, 0.4) is 0 Å². The number of carbonyl (C=O) groups excluding carboxylic acids is 5. The van der Waals surface area contributed by atoms with Gasteiger partial charge >= 0.3 is 11.9 Å². The average molecular weight is 804 g/mol. The summed E-state index contributed by atoms with van der Waals surface area (Å²) in [5.41, 5.74) is 0. The van der Waals surface area contributed by atoms with E-state index in [4.69, 9.17) is 24.1 Å². The van der Waals surface area contributed by atoms with Gasteiger partial charge in [0, 0.05) is 71.8 Å². The van der Waals surface area contributed by atoms with Gasteiger partial charge in [-0.05, 0) is 39.0 Å². The number of aliphatic carboxylic acids is 2. The van der Waals surface area contributed by atoms with Crippen LogP contribution in [0.25, 0.3) is 0 Å². The van der Waals surface area contributed by atoms with Gasteiger partial charge in [0.1, 0.15) is 18.4 Å². The maximum absolute atomic E-state index is 12.1. The number of hydrogen-bond donors (Lipinski definition) is 5. The van der Waals surface area contributed by atoms with Gasteiger partial charge < -0.3 is 45.1 Å². The molecule has 0 unspecified atom stereocenters. The number of nitrogens with one attached hydrogen (secondary N) is 3. The largest absolute Gasteiger partial charge is 0.481 e. The predicted molar refractivity (Wildman–Crippen MR) is 211 cm³/mol. The van der Waals surface area contributed by atoms with Crippen molar-refractivity contribution >= 4 is 41.2 Å². The van der Waals surface area contributed by atoms with E-state index in [1.807, 2.05) is 6.92 Å². The number of rotatable bonds is 39. The van der Waals surface area contributed by atoms with Gasteiger partial charge in [0.2, 0.25) is 17.7 Å². The first-order chi connectivity index (χ1) is 26.9. The topological polar surface area (TPSA) is 233 Å². The van der Waals surface area contributed by atoms with E-state index in [1.165, 1.54) is 6.92 Å². The third kappa shape index (κ3) is 43.3. The Kier molecular flexibility index (Phi) is 40.2. The van der Waals surface area contributed by atoms with Crippen molar-refractivity contribution in [2.45, 2.75) is 149 Å². The number of carboxylic acids is 2. The molecule has 16 nitrogen and oxygen atoms in total. The second-order valence-corrected chi connectivity index (χ2v) is 13.4. The Bertz CT molecular complexity index is 1060. The lowest BCUT2D eigenvalue weighted by Crippen LogP contribution is -2.41. The van der Waals surface area contributed by atoms with E-state index in [2.05, 4.69) is 16.0 Å². The molecule has 0 aliphatic heterocycles. The summed E-state index contributed by atoms with van der Waals surface area (Å²) < 4.78 is 20.9. The Morgan fingerprint density at radius 1 is 0.518 bits per heavy atom. The van der Waals surface area contributed by atoms with Crippen LogP contribution in [0.5, 0.6) is 0 Å². The first kappa shape index (κ1) is 54.6. The second-order valence-electron chi connectivity index (χ2n) is 13.4. The molecule has 1 atom stereocenters. The minimum atomic E-state index is -1.12. The fourth-order valence-electron chi connectivity index (χ4n) is 5.08. The average Bonchev–Trinajstić information content (AvgIpc) is 3.15. The molecule has 0 saturated heterocycles. The highest BCUT2D eigenvalue weighted by atomic mass is 16.5. The van der Waals surface area contributed by atoms with Gasteiger partial charge in [-0.1, -0.05) is 58.3 Å². The lowest BCUT2D eigenvalue weighted by molar-refractivity contribution is -0.142. The van der Waals surface area contributed by atoms with Crippen molar-refractivity contribution in [2.24, 2.45) is 0 Å². The molecule has 0 fully saturated rings. The van der Waals surface area contributed by atoms with E-state index in [9.17, 15) is 38.7 Å². The Morgan fingerprint density at radius 3 is 1.64 bits per heavy atom. The third-order valence-corrected chi connectivity index (χ3v) is 8.24. The van der Waals surface area contributed by atoms with Crippen molar-refractivity contribution in [1.29, 1.82) is 0 Å². The van der Waals surface area contributed by atoms with Crippen LogP contribution in [0, 0.1) is 0 Å². The van der Waals surface area contributed by atoms with Crippen LogP contribution in [-0.4, -0.2) is 123 Å². The summed E-state index contributed by atoms with van der Waals surface area (Å²) in [6, 6.07) is -1.04. The molecule has 0 bridgehead atoms. The molecule has 0 heterocycles. The Balaban J connectivity index is 0. The molecule has 0 rings (SSSR count). The van der Waals surface area contributed by atoms with Crippen molar-refractivity contribution in [3.8, 4) is 0 Å². The van der Waals surface area contributed by atoms with Crippen LogP contribution < -0.4 is 16.0 Å². The number of Topliss-reactive ketones (excluding diaryl/α,β-unsaturated/α-hetero) is 2. The molecule has 0 aromatic heterocycles. The standard InChI is InChI=1S/C26H47NO8.C14H26N2O5/c1-2-34-20-21-35-19-13-14-22(28)17-18-23(26(32)33)27-24(29)15-11-9-7-5-3-4-6-8-10-12-16-25(30)31;1-3-14(19)16-6-4-5-13(18)11-21-10-9-20-8-7-15-12(2)17/h23H,2-21H2,1H3,(H,27,29)(H,30,31)(H,32,33);3-11H2,1-2H3,(H,15,17)(H,16,19)/t23-;/m0./s1. The zero-order valence-electron chi connectivity index (χ0n) is 34.5. The number of carboxylic acid groups (broad SMARTS) is 2. The van der Waals surface area contributed by atoms with Crippen LogP contribution in [0.4, 0.5) is 0 Å². The number of ether oxygens (including phenoxy) is 4. The van der Waals surface area contributed by atoms with Crippen LogP contribution in [0.1, 0.15) is 143 Å². The van der Waals surface area contributed by atoms with E-state index < -0.39 is 18.0 Å². The molecule has 0 aromatic rings. The van der Waals surface area contributed by atoms with E-state index in [-0.39, 0.29) is 55.2 Å². The summed E-state index contributed by atoms with van der Waals surface area (Å²) in [6.07, 6.45) is 13.2. The van der Waals surface area contributed by atoms with Crippen LogP contribution in [0.15, 0.2) is 0 Å². The SMILES string of the molecule is CCC(=O)NCCCC(=O)COCCOCCNC(C)=O.CCOCCOCCCC(=O)CC[C@H](NC(=O)CCCCCCCCCCCCC(=O)O)C(=O)O. The highest BCUT2D eigenvalue weighted by Gasteiger charge is 2.20. The molecule has 0 spiro atoms. The summed E-state index contributed by atoms with van der Waals surface area (Å²) >= 11 is 0. The quantitative estimate of drug-likeness (QED) is 0.0538. The third-order valence-electron chi connectivity index (χ3n) is 8.24. The maximum atomic E-state index is 12.1. The molecule has 3 amide bonds. The zero-order valence-corrected chi connectivity index (χ0v) is 34.5. The summed E-state index contributed by atoms with van der Waals surface area (Å²) in [4.78, 5) is 78.9. The van der Waals surface area contributed by atoms with E-state index in [0.29, 0.717) is 97.9 Å². The van der Waals surface area contributed by atoms with Gasteiger partial charge in [-0.2, -0.15) is 0 Å². The molecule has 5 N–H and O–H groups in total. The van der Waals surface area contributed by atoms with Crippen molar-refractivity contribution in [1.82, 2.24) is 16.0 Å². The van der Waals surface area contributed by atoms with E-state index in [0.717, 1.165) is 64.2 Å². The normalized spacial score (nSPS) is 11.2. The van der Waals surface area contributed by atoms with Gasteiger partial charge in [-0.3, -0.25) is 28.8 Å². The molecule has 326 valence electrons. The highest BCUT2D eigenvalue weighted by molar-refractivity contribution is 5.84. The lowest BCUT2D eigenvalue weighted by atomic mass is 10.0. The molecule has 16 heteroatoms. The molecule has 56 heavy (non-hydrogen) atoms. The Labute approximate surface area is 334 Å². The van der Waals surface area contributed by atoms with Gasteiger partial charge in [-0.15, -0.1) is 0 Å². The molecule has 0 radical (unpaired) electrons. The number of hydrogen-bond acceptors (Lipinski definition) is 11. The molecule has 0 aliphatic rings. The molecule has 0 aliphatic carbocycles. The molecular weight excluding hydrogens is 730 g/mol. The maximum Gasteiger partial charge on any atom is 0.326 e. The zero-order chi connectivity index (χ0) is 42.1. The van der Waals surface area contributed by atoms with Gasteiger partial charge in [0.25, 0.3) is 0 Å². The van der Waals surface area contributed by atoms with Crippen molar-refractivity contribution < 1.29 is 62.7 Å². The fraction of sp³-hybridized carbons (Fsp3) is 0.825. The summed E-state index contributed by atoms with van der Waals surface area (Å²) in [6.45, 7) is 9.49. The minimum absolute atomic E-state index is 0.00453. The Morgan fingerprint density at radius 2 is 1.07 bits per heavy atom. The second kappa shape index (κ2) is 41.2. The fourth-order valence-corrected chi connectivity index (χ4v) is 5.08. The number of unbranched alkanes of at least 4 members (excludes halogenated alkanes) is 9. The van der Waals surface area contributed by atoms with Gasteiger partial charge in [-0.25, -0.2) is 4.79 Å². The van der Waals surface area contributed by atoms with Crippen molar-refractivity contribution in [3.05, 3.63) is 0 Å².